The van der Waals surface area contributed by atoms with Gasteiger partial charge in [-0.15, -0.1) is 12.4 Å². The summed E-state index contributed by atoms with van der Waals surface area (Å²) in [5.41, 5.74) is 7.32. The van der Waals surface area contributed by atoms with Crippen molar-refractivity contribution in [3.8, 4) is 0 Å². The molecule has 1 atom stereocenters. The number of rotatable bonds is 1. The van der Waals surface area contributed by atoms with Crippen molar-refractivity contribution in [3.05, 3.63) is 29.6 Å². The summed E-state index contributed by atoms with van der Waals surface area (Å²) in [7, 11) is 0. The molecular weight excluding hydrogens is 226 g/mol. The fraction of sp³-hybridized carbons (Fsp3) is 0.455. The van der Waals surface area contributed by atoms with Crippen LogP contribution in [0.4, 0.5) is 0 Å². The maximum absolute atomic E-state index is 11.9. The standard InChI is InChI=1S/C11H15N3O.ClH/c1-8-2-3-9(6-13-8)11(15)14-5-4-10(12)7-14;/h2-3,6,10H,4-5,7,12H2,1H3;1H. The number of nitrogens with zero attached hydrogens (tertiary/aromatic N) is 2. The maximum Gasteiger partial charge on any atom is 0.255 e. The molecule has 1 amide bonds. The quantitative estimate of drug-likeness (QED) is 0.798. The van der Waals surface area contributed by atoms with Crippen LogP contribution < -0.4 is 5.73 Å². The van der Waals surface area contributed by atoms with Crippen molar-refractivity contribution >= 4 is 18.3 Å². The van der Waals surface area contributed by atoms with E-state index in [-0.39, 0.29) is 24.4 Å². The normalized spacial score (nSPS) is 19.4. The molecule has 1 unspecified atom stereocenters. The fourth-order valence-electron chi connectivity index (χ4n) is 1.75. The van der Waals surface area contributed by atoms with E-state index in [1.54, 1.807) is 11.1 Å². The van der Waals surface area contributed by atoms with E-state index in [1.807, 2.05) is 19.1 Å². The van der Waals surface area contributed by atoms with Crippen molar-refractivity contribution in [1.29, 1.82) is 0 Å². The molecule has 0 aliphatic carbocycles. The topological polar surface area (TPSA) is 59.2 Å². The van der Waals surface area contributed by atoms with Crippen LogP contribution in [0, 0.1) is 6.92 Å². The zero-order valence-corrected chi connectivity index (χ0v) is 10.0. The molecule has 0 saturated carbocycles. The van der Waals surface area contributed by atoms with Crippen LogP contribution >= 0.6 is 12.4 Å². The summed E-state index contributed by atoms with van der Waals surface area (Å²) in [5.74, 6) is 0.0375. The molecule has 0 radical (unpaired) electrons. The minimum absolute atomic E-state index is 0. The Balaban J connectivity index is 0.00000128. The molecule has 1 saturated heterocycles. The van der Waals surface area contributed by atoms with Crippen LogP contribution in [0.15, 0.2) is 18.3 Å². The van der Waals surface area contributed by atoms with E-state index < -0.39 is 0 Å². The van der Waals surface area contributed by atoms with Crippen LogP contribution in [0.3, 0.4) is 0 Å². The van der Waals surface area contributed by atoms with E-state index in [1.165, 1.54) is 0 Å². The molecule has 0 bridgehead atoms. The first kappa shape index (κ1) is 12.9. The van der Waals surface area contributed by atoms with Gasteiger partial charge in [0.2, 0.25) is 0 Å². The molecule has 2 N–H and O–H groups in total. The van der Waals surface area contributed by atoms with Gasteiger partial charge in [-0.2, -0.15) is 0 Å². The largest absolute Gasteiger partial charge is 0.337 e. The summed E-state index contributed by atoms with van der Waals surface area (Å²) in [4.78, 5) is 17.8. The Bertz CT molecular complexity index is 366. The molecule has 4 nitrogen and oxygen atoms in total. The third-order valence-corrected chi connectivity index (χ3v) is 2.67. The van der Waals surface area contributed by atoms with Crippen LogP contribution in [0.1, 0.15) is 22.5 Å². The second kappa shape index (κ2) is 5.27. The van der Waals surface area contributed by atoms with E-state index in [4.69, 9.17) is 5.73 Å². The number of halogens is 1. The van der Waals surface area contributed by atoms with Crippen molar-refractivity contribution in [2.24, 2.45) is 5.73 Å². The summed E-state index contributed by atoms with van der Waals surface area (Å²) >= 11 is 0. The molecule has 88 valence electrons. The third-order valence-electron chi connectivity index (χ3n) is 2.67. The van der Waals surface area contributed by atoms with Crippen LogP contribution in [-0.2, 0) is 0 Å². The van der Waals surface area contributed by atoms with Crippen molar-refractivity contribution < 1.29 is 4.79 Å². The first-order valence-corrected chi connectivity index (χ1v) is 5.14. The van der Waals surface area contributed by atoms with Gasteiger partial charge in [-0.1, -0.05) is 0 Å². The average Bonchev–Trinajstić information content (AvgIpc) is 2.65. The molecule has 1 aliphatic heterocycles. The lowest BCUT2D eigenvalue weighted by atomic mass is 10.2. The predicted molar refractivity (Wildman–Crippen MR) is 64.7 cm³/mol. The smallest absolute Gasteiger partial charge is 0.255 e. The summed E-state index contributed by atoms with van der Waals surface area (Å²) in [6.45, 7) is 3.32. The summed E-state index contributed by atoms with van der Waals surface area (Å²) < 4.78 is 0. The van der Waals surface area contributed by atoms with Crippen molar-refractivity contribution in [2.75, 3.05) is 13.1 Å². The zero-order valence-electron chi connectivity index (χ0n) is 9.22. The number of hydrogen-bond donors (Lipinski definition) is 1. The summed E-state index contributed by atoms with van der Waals surface area (Å²) in [5, 5.41) is 0. The molecular formula is C11H16ClN3O. The molecule has 1 aromatic rings. The maximum atomic E-state index is 11.9. The van der Waals surface area contributed by atoms with Crippen LogP contribution in [0.2, 0.25) is 0 Å². The SMILES string of the molecule is Cc1ccc(C(=O)N2CCC(N)C2)cn1.Cl. The van der Waals surface area contributed by atoms with E-state index in [0.29, 0.717) is 12.1 Å². The number of carbonyl (C=O) groups excluding carboxylic acids is 1. The number of carbonyl (C=O) groups is 1. The van der Waals surface area contributed by atoms with E-state index in [9.17, 15) is 4.79 Å². The Morgan fingerprint density at radius 1 is 1.56 bits per heavy atom. The van der Waals surface area contributed by atoms with Gasteiger partial charge in [0.15, 0.2) is 0 Å². The van der Waals surface area contributed by atoms with Gasteiger partial charge in [0.05, 0.1) is 5.56 Å². The number of likely N-dealkylation sites (tertiary alicyclic amines) is 1. The lowest BCUT2D eigenvalue weighted by molar-refractivity contribution is 0.0790. The van der Waals surface area contributed by atoms with Gasteiger partial charge in [0.1, 0.15) is 0 Å². The molecule has 16 heavy (non-hydrogen) atoms. The first-order chi connectivity index (χ1) is 7.16. The Morgan fingerprint density at radius 2 is 2.31 bits per heavy atom. The molecule has 2 heterocycles. The average molecular weight is 242 g/mol. The van der Waals surface area contributed by atoms with E-state index >= 15 is 0 Å². The molecule has 1 aliphatic rings. The summed E-state index contributed by atoms with van der Waals surface area (Å²) in [6, 6.07) is 3.80. The van der Waals surface area contributed by atoms with Crippen LogP contribution in [0.5, 0.6) is 0 Å². The van der Waals surface area contributed by atoms with Gasteiger partial charge in [-0.25, -0.2) is 0 Å². The molecule has 5 heteroatoms. The fourth-order valence-corrected chi connectivity index (χ4v) is 1.75. The van der Waals surface area contributed by atoms with Crippen LogP contribution in [0.25, 0.3) is 0 Å². The van der Waals surface area contributed by atoms with Gasteiger partial charge < -0.3 is 10.6 Å². The Morgan fingerprint density at radius 3 is 2.81 bits per heavy atom. The van der Waals surface area contributed by atoms with Gasteiger partial charge in [0, 0.05) is 31.0 Å². The molecule has 0 spiro atoms. The van der Waals surface area contributed by atoms with Crippen molar-refractivity contribution in [3.63, 3.8) is 0 Å². The Labute approximate surface area is 101 Å². The highest BCUT2D eigenvalue weighted by Crippen LogP contribution is 2.11. The zero-order chi connectivity index (χ0) is 10.8. The second-order valence-electron chi connectivity index (χ2n) is 3.99. The predicted octanol–water partition coefficient (Wildman–Crippen LogP) is 0.985. The van der Waals surface area contributed by atoms with Gasteiger partial charge in [-0.05, 0) is 25.5 Å². The van der Waals surface area contributed by atoms with Gasteiger partial charge in [-0.3, -0.25) is 9.78 Å². The molecule has 1 fully saturated rings. The number of nitrogens with two attached hydrogens (primary N) is 1. The van der Waals surface area contributed by atoms with Gasteiger partial charge >= 0.3 is 0 Å². The lowest BCUT2D eigenvalue weighted by Gasteiger charge is -2.15. The van der Waals surface area contributed by atoms with Crippen LogP contribution in [-0.4, -0.2) is 34.9 Å². The third kappa shape index (κ3) is 2.71. The Kier molecular flexibility index (Phi) is 4.26. The minimum atomic E-state index is 0. The highest BCUT2D eigenvalue weighted by atomic mass is 35.5. The second-order valence-corrected chi connectivity index (χ2v) is 3.99. The number of amides is 1. The number of aromatic nitrogens is 1. The number of hydrogen-bond acceptors (Lipinski definition) is 3. The van der Waals surface area contributed by atoms with E-state index in [2.05, 4.69) is 4.98 Å². The lowest BCUT2D eigenvalue weighted by Crippen LogP contribution is -2.31. The molecule has 1 aromatic heterocycles. The van der Waals surface area contributed by atoms with Crippen molar-refractivity contribution in [1.82, 2.24) is 9.88 Å². The first-order valence-electron chi connectivity index (χ1n) is 5.14. The minimum Gasteiger partial charge on any atom is -0.337 e. The Hall–Kier alpha value is -1.13. The van der Waals surface area contributed by atoms with Crippen molar-refractivity contribution in [2.45, 2.75) is 19.4 Å². The highest BCUT2D eigenvalue weighted by Gasteiger charge is 2.24. The molecule has 0 aromatic carbocycles. The van der Waals surface area contributed by atoms with E-state index in [0.717, 1.165) is 18.7 Å². The number of aryl methyl sites for hydroxylation is 1. The van der Waals surface area contributed by atoms with Gasteiger partial charge in [0.25, 0.3) is 5.91 Å². The monoisotopic (exact) mass is 241 g/mol. The summed E-state index contributed by atoms with van der Waals surface area (Å²) in [6.07, 6.45) is 2.52. The number of pyridine rings is 1. The highest BCUT2D eigenvalue weighted by molar-refractivity contribution is 5.94. The molecule has 2 rings (SSSR count).